The molecule has 1 saturated carbocycles. The lowest BCUT2D eigenvalue weighted by atomic mass is 9.88. The van der Waals surface area contributed by atoms with Gasteiger partial charge in [-0.25, -0.2) is 29.3 Å². The van der Waals surface area contributed by atoms with E-state index in [0.29, 0.717) is 29.7 Å². The number of aliphatic hydroxyl groups is 2. The maximum atomic E-state index is 11.8. The van der Waals surface area contributed by atoms with Crippen molar-refractivity contribution in [1.29, 1.82) is 0 Å². The summed E-state index contributed by atoms with van der Waals surface area (Å²) in [6, 6.07) is 12.5. The average Bonchev–Trinajstić information content (AvgIpc) is 3.23. The fourth-order valence-corrected chi connectivity index (χ4v) is 4.08. The lowest BCUT2D eigenvalue weighted by Crippen LogP contribution is -2.28. The predicted molar refractivity (Wildman–Crippen MR) is 205 cm³/mol. The van der Waals surface area contributed by atoms with Crippen molar-refractivity contribution < 1.29 is 102 Å². The first-order valence-corrected chi connectivity index (χ1v) is 17.8. The van der Waals surface area contributed by atoms with Gasteiger partial charge in [-0.05, 0) is 60.0 Å². The normalized spacial score (nSPS) is 12.8. The summed E-state index contributed by atoms with van der Waals surface area (Å²) >= 11 is 3.14. The third-order valence-corrected chi connectivity index (χ3v) is 6.68. The predicted octanol–water partition coefficient (Wildman–Crippen LogP) is 7.26. The second-order valence-electron chi connectivity index (χ2n) is 11.0. The van der Waals surface area contributed by atoms with Crippen molar-refractivity contribution in [3.63, 3.8) is 0 Å². The third kappa shape index (κ3) is 31.0. The average molecular weight is 991 g/mol. The molecule has 3 N–H and O–H groups in total. The van der Waals surface area contributed by atoms with E-state index in [4.69, 9.17) is 20.1 Å². The van der Waals surface area contributed by atoms with Gasteiger partial charge in [0.15, 0.2) is 24.6 Å². The van der Waals surface area contributed by atoms with Crippen LogP contribution in [0.25, 0.3) is 0 Å². The maximum absolute atomic E-state index is 11.8. The zero-order valence-electron chi connectivity index (χ0n) is 33.0. The Hall–Kier alpha value is -5.63. The number of alkyl halides is 9. The van der Waals surface area contributed by atoms with Crippen LogP contribution < -0.4 is 9.47 Å². The Morgan fingerprint density at radius 1 is 0.714 bits per heavy atom. The number of ketones is 1. The lowest BCUT2D eigenvalue weighted by molar-refractivity contribution is -0.159. The van der Waals surface area contributed by atoms with Gasteiger partial charge in [0.1, 0.15) is 28.6 Å². The molecule has 0 spiro atoms. The number of hydrogen-bond acceptors (Lipinski definition) is 15. The summed E-state index contributed by atoms with van der Waals surface area (Å²) in [4.78, 5) is 65.4. The number of ether oxygens (including phenoxy) is 5. The van der Waals surface area contributed by atoms with Crippen molar-refractivity contribution in [1.82, 2.24) is 15.0 Å². The monoisotopic (exact) mass is 989 g/mol. The standard InChI is InChI=1S/C9H8F3NO3.C9H14O3.C8H6F3NO3.C7H6BrNO2.C2H3F3O.CH4O.CH4/c1-15-8(14)6-3-2-4-7(13-6)16-5-9(10,11)12;1-2-12-9(11)7-5-3-4-6-8(7)10;9-8(10,11)4-15-6-3-1-2-5(12-6)7(13)14;1-11-7(10)5-3-2-4-6(8)9-5;3-2(4,5)1-6;1-2;/h2-4H,5H2,1H3;7H,2-6H2,1H3;1-3H,4H2,(H,13,14);2-4H,1H3;6H,1H2;2H,1H3;1H4. The third-order valence-electron chi connectivity index (χ3n) is 6.24. The molecule has 0 radical (unpaired) electrons. The van der Waals surface area contributed by atoms with Gasteiger partial charge < -0.3 is 39.0 Å². The van der Waals surface area contributed by atoms with Crippen molar-refractivity contribution in [2.45, 2.75) is 58.6 Å². The number of pyridine rings is 3. The highest BCUT2D eigenvalue weighted by atomic mass is 79.9. The highest BCUT2D eigenvalue weighted by Crippen LogP contribution is 2.22. The fraction of sp³-hybridized carbons (Fsp3) is 0.459. The van der Waals surface area contributed by atoms with Crippen LogP contribution in [0, 0.1) is 5.92 Å². The highest BCUT2D eigenvalue weighted by molar-refractivity contribution is 9.10. The van der Waals surface area contributed by atoms with E-state index in [9.17, 15) is 63.5 Å². The van der Waals surface area contributed by atoms with Crippen LogP contribution in [0.1, 0.15) is 71.5 Å². The first-order valence-electron chi connectivity index (χ1n) is 17.0. The van der Waals surface area contributed by atoms with E-state index < -0.39 is 62.2 Å². The quantitative estimate of drug-likeness (QED) is 0.0630. The molecule has 4 rings (SSSR count). The number of esters is 3. The van der Waals surface area contributed by atoms with Gasteiger partial charge in [-0.3, -0.25) is 9.59 Å². The Bertz CT molecular complexity index is 1820. The van der Waals surface area contributed by atoms with E-state index in [0.717, 1.165) is 39.2 Å². The number of aromatic carboxylic acids is 1. The molecule has 0 bridgehead atoms. The van der Waals surface area contributed by atoms with Gasteiger partial charge in [-0.1, -0.05) is 32.0 Å². The van der Waals surface area contributed by atoms with Gasteiger partial charge in [-0.2, -0.15) is 39.5 Å². The number of Topliss-reactive ketones (excluding diaryl/α,β-unsaturated/α-hetero) is 1. The molecule has 1 aliphatic carbocycles. The lowest BCUT2D eigenvalue weighted by Gasteiger charge is -2.18. The van der Waals surface area contributed by atoms with Crippen LogP contribution in [0.4, 0.5) is 39.5 Å². The van der Waals surface area contributed by atoms with Crippen LogP contribution in [0.15, 0.2) is 59.2 Å². The van der Waals surface area contributed by atoms with Crippen LogP contribution >= 0.6 is 15.9 Å². The van der Waals surface area contributed by atoms with E-state index >= 15 is 0 Å². The number of carboxylic acid groups (broad SMARTS) is 1. The number of aromatic nitrogens is 3. The van der Waals surface area contributed by atoms with Crippen molar-refractivity contribution in [2.75, 3.05) is 47.8 Å². The number of aliphatic hydroxyl groups excluding tert-OH is 2. The summed E-state index contributed by atoms with van der Waals surface area (Å²) in [5.41, 5.74) is -0.168. The molecule has 16 nitrogen and oxygen atoms in total. The van der Waals surface area contributed by atoms with Crippen LogP contribution in [0.2, 0.25) is 0 Å². The summed E-state index contributed by atoms with van der Waals surface area (Å²) in [5, 5.41) is 22.8. The first kappa shape index (κ1) is 61.7. The smallest absolute Gasteiger partial charge is 0.422 e. The zero-order valence-corrected chi connectivity index (χ0v) is 34.6. The Kier molecular flexibility index (Phi) is 31.4. The van der Waals surface area contributed by atoms with Crippen molar-refractivity contribution in [2.24, 2.45) is 5.92 Å². The summed E-state index contributed by atoms with van der Waals surface area (Å²) in [6.07, 6.45) is -10.2. The Balaban J connectivity index is -0.000000722. The number of carbonyl (C=O) groups excluding carboxylic acids is 4. The van der Waals surface area contributed by atoms with Crippen molar-refractivity contribution in [3.8, 4) is 11.8 Å². The maximum Gasteiger partial charge on any atom is 0.422 e. The molecule has 0 aliphatic heterocycles. The minimum absolute atomic E-state index is 0. The molecule has 1 unspecified atom stereocenters. The number of carboxylic acids is 1. The number of methoxy groups -OCH3 is 2. The molecular weight excluding hydrogens is 945 g/mol. The molecule has 0 amide bonds. The number of halogens is 10. The molecule has 1 fully saturated rings. The van der Waals surface area contributed by atoms with E-state index in [1.54, 1.807) is 25.1 Å². The minimum atomic E-state index is -4.47. The van der Waals surface area contributed by atoms with Gasteiger partial charge in [0.2, 0.25) is 11.8 Å². The molecule has 0 saturated heterocycles. The molecule has 1 atom stereocenters. The zero-order chi connectivity index (χ0) is 48.1. The highest BCUT2D eigenvalue weighted by Gasteiger charge is 2.31. The minimum Gasteiger partial charge on any atom is -0.477 e. The Morgan fingerprint density at radius 3 is 1.49 bits per heavy atom. The fourth-order valence-electron chi connectivity index (χ4n) is 3.74. The first-order chi connectivity index (χ1) is 28.9. The second-order valence-corrected chi connectivity index (χ2v) is 11.8. The van der Waals surface area contributed by atoms with Gasteiger partial charge >= 0.3 is 42.4 Å². The Morgan fingerprint density at radius 2 is 1.13 bits per heavy atom. The largest absolute Gasteiger partial charge is 0.477 e. The van der Waals surface area contributed by atoms with E-state index in [2.05, 4.69) is 49.8 Å². The van der Waals surface area contributed by atoms with Gasteiger partial charge in [0.05, 0.1) is 20.8 Å². The van der Waals surface area contributed by atoms with E-state index in [1.165, 1.54) is 31.4 Å². The van der Waals surface area contributed by atoms with Crippen LogP contribution in [0.3, 0.4) is 0 Å². The number of rotatable bonds is 9. The summed E-state index contributed by atoms with van der Waals surface area (Å²) < 4.78 is 125. The number of hydrogen-bond donors (Lipinski definition) is 3. The summed E-state index contributed by atoms with van der Waals surface area (Å²) in [5.74, 6) is -3.87. The molecular formula is C37H45BrF9N3O13. The second kappa shape index (κ2) is 32.1. The van der Waals surface area contributed by atoms with Crippen molar-refractivity contribution in [3.05, 3.63) is 76.3 Å². The SMILES string of the molecule is C.CCOC(=O)C1CCCCC1=O.CO.COC(=O)c1cccc(Br)n1.COC(=O)c1cccc(OCC(F)(F)F)n1.O=C(O)c1cccc(OCC(F)(F)F)n1.OCC(F)(F)F. The van der Waals surface area contributed by atoms with Gasteiger partial charge in [-0.15, -0.1) is 0 Å². The molecule has 3 aromatic rings. The molecule has 0 aromatic carbocycles. The van der Waals surface area contributed by atoms with Crippen LogP contribution in [-0.4, -0.2) is 126 Å². The number of nitrogens with zero attached hydrogens (tertiary/aromatic N) is 3. The number of carbonyl (C=O) groups is 5. The summed E-state index contributed by atoms with van der Waals surface area (Å²) in [6.45, 7) is -2.56. The van der Waals surface area contributed by atoms with Gasteiger partial charge in [0.25, 0.3) is 0 Å². The molecule has 3 heterocycles. The molecule has 356 valence electrons. The molecule has 1 aliphatic rings. The Labute approximate surface area is 362 Å². The van der Waals surface area contributed by atoms with Crippen LogP contribution in [-0.2, 0) is 23.8 Å². The molecule has 3 aromatic heterocycles. The van der Waals surface area contributed by atoms with Gasteiger partial charge in [0, 0.05) is 25.7 Å². The molecule has 26 heteroatoms. The van der Waals surface area contributed by atoms with Crippen molar-refractivity contribution >= 4 is 45.6 Å². The summed E-state index contributed by atoms with van der Waals surface area (Å²) in [7, 11) is 3.47. The van der Waals surface area contributed by atoms with E-state index in [1.807, 2.05) is 0 Å². The van der Waals surface area contributed by atoms with Crippen LogP contribution in [0.5, 0.6) is 11.8 Å². The topological polar surface area (TPSA) is 231 Å². The molecule has 63 heavy (non-hydrogen) atoms. The van der Waals surface area contributed by atoms with E-state index in [-0.39, 0.29) is 42.3 Å².